The van der Waals surface area contributed by atoms with Gasteiger partial charge in [-0.3, -0.25) is 4.79 Å². The van der Waals surface area contributed by atoms with E-state index in [2.05, 4.69) is 14.9 Å². The monoisotopic (exact) mass is 318 g/mol. The molecule has 1 aliphatic rings. The number of hydrogen-bond acceptors (Lipinski definition) is 6. The fourth-order valence-electron chi connectivity index (χ4n) is 2.45. The van der Waals surface area contributed by atoms with Crippen molar-refractivity contribution in [3.63, 3.8) is 0 Å². The van der Waals surface area contributed by atoms with Gasteiger partial charge in [0, 0.05) is 44.0 Å². The number of carbonyl (C=O) groups is 1. The third-order valence-corrected chi connectivity index (χ3v) is 4.37. The lowest BCUT2D eigenvalue weighted by molar-refractivity contribution is 0.0741. The zero-order valence-corrected chi connectivity index (χ0v) is 13.3. The standard InChI is InChI=1S/C15H18N4O2S/c1-2-21-13-12(4-3-5-16-13)14(20)18-7-9-19(10-8-18)15-17-6-11-22-15/h3-6,11H,2,7-10H2,1H3. The topological polar surface area (TPSA) is 58.6 Å². The van der Waals surface area contributed by atoms with Gasteiger partial charge in [0.2, 0.25) is 5.88 Å². The molecule has 0 spiro atoms. The Kier molecular flexibility index (Phi) is 4.53. The summed E-state index contributed by atoms with van der Waals surface area (Å²) >= 11 is 1.63. The molecule has 1 aliphatic heterocycles. The first-order valence-corrected chi connectivity index (χ1v) is 8.19. The predicted octanol–water partition coefficient (Wildman–Crippen LogP) is 1.90. The number of piperazine rings is 1. The Morgan fingerprint density at radius 1 is 1.27 bits per heavy atom. The molecule has 0 atom stereocenters. The molecule has 2 aromatic rings. The summed E-state index contributed by atoms with van der Waals surface area (Å²) in [5.74, 6) is 0.396. The first kappa shape index (κ1) is 14.8. The fraction of sp³-hybridized carbons (Fsp3) is 0.400. The lowest BCUT2D eigenvalue weighted by atomic mass is 10.2. The molecule has 0 N–H and O–H groups in total. The van der Waals surface area contributed by atoms with Crippen LogP contribution in [0.2, 0.25) is 0 Å². The van der Waals surface area contributed by atoms with E-state index in [1.54, 1.807) is 29.7 Å². The molecular formula is C15H18N4O2S. The molecule has 0 aliphatic carbocycles. The molecule has 0 bridgehead atoms. The normalized spacial score (nSPS) is 15.0. The summed E-state index contributed by atoms with van der Waals surface area (Å²) in [5.41, 5.74) is 0.534. The van der Waals surface area contributed by atoms with E-state index in [1.165, 1.54) is 0 Å². The Hall–Kier alpha value is -2.15. The van der Waals surface area contributed by atoms with Gasteiger partial charge >= 0.3 is 0 Å². The molecule has 0 radical (unpaired) electrons. The Bertz CT molecular complexity index is 624. The van der Waals surface area contributed by atoms with Gasteiger partial charge in [-0.05, 0) is 19.1 Å². The number of aromatic nitrogens is 2. The summed E-state index contributed by atoms with van der Waals surface area (Å²) in [5, 5.41) is 2.99. The smallest absolute Gasteiger partial charge is 0.259 e. The van der Waals surface area contributed by atoms with Gasteiger partial charge < -0.3 is 14.5 Å². The molecule has 3 rings (SSSR count). The average Bonchev–Trinajstić information content (AvgIpc) is 3.10. The molecule has 1 saturated heterocycles. The molecule has 7 heteroatoms. The van der Waals surface area contributed by atoms with Crippen molar-refractivity contribution in [1.29, 1.82) is 0 Å². The van der Waals surface area contributed by atoms with E-state index < -0.39 is 0 Å². The summed E-state index contributed by atoms with van der Waals surface area (Å²) in [7, 11) is 0. The van der Waals surface area contributed by atoms with Gasteiger partial charge in [-0.1, -0.05) is 0 Å². The van der Waals surface area contributed by atoms with Gasteiger partial charge in [-0.15, -0.1) is 11.3 Å². The number of ether oxygens (including phenoxy) is 1. The minimum atomic E-state index is -0.0182. The third kappa shape index (κ3) is 3.04. The molecule has 6 nitrogen and oxygen atoms in total. The highest BCUT2D eigenvalue weighted by Crippen LogP contribution is 2.21. The molecule has 22 heavy (non-hydrogen) atoms. The lowest BCUT2D eigenvalue weighted by Crippen LogP contribution is -2.48. The maximum Gasteiger partial charge on any atom is 0.259 e. The van der Waals surface area contributed by atoms with Crippen molar-refractivity contribution in [2.45, 2.75) is 6.92 Å². The minimum Gasteiger partial charge on any atom is -0.477 e. The number of amides is 1. The third-order valence-electron chi connectivity index (χ3n) is 3.54. The second-order valence-electron chi connectivity index (χ2n) is 4.88. The van der Waals surface area contributed by atoms with E-state index in [9.17, 15) is 4.79 Å². The highest BCUT2D eigenvalue weighted by molar-refractivity contribution is 7.13. The van der Waals surface area contributed by atoms with Crippen molar-refractivity contribution in [2.24, 2.45) is 0 Å². The second kappa shape index (κ2) is 6.74. The molecule has 0 unspecified atom stereocenters. The van der Waals surface area contributed by atoms with Crippen molar-refractivity contribution >= 4 is 22.4 Å². The Morgan fingerprint density at radius 3 is 2.77 bits per heavy atom. The van der Waals surface area contributed by atoms with Crippen LogP contribution in [0, 0.1) is 0 Å². The van der Waals surface area contributed by atoms with Gasteiger partial charge in [0.1, 0.15) is 5.56 Å². The zero-order valence-electron chi connectivity index (χ0n) is 12.4. The van der Waals surface area contributed by atoms with Crippen LogP contribution in [0.3, 0.4) is 0 Å². The van der Waals surface area contributed by atoms with Crippen molar-refractivity contribution in [3.8, 4) is 5.88 Å². The molecule has 1 fully saturated rings. The van der Waals surface area contributed by atoms with Crippen molar-refractivity contribution in [1.82, 2.24) is 14.9 Å². The van der Waals surface area contributed by atoms with E-state index in [4.69, 9.17) is 4.74 Å². The number of anilines is 1. The van der Waals surface area contributed by atoms with Crippen LogP contribution in [-0.2, 0) is 0 Å². The first-order valence-electron chi connectivity index (χ1n) is 7.31. The molecular weight excluding hydrogens is 300 g/mol. The first-order chi connectivity index (χ1) is 10.8. The van der Waals surface area contributed by atoms with Gasteiger partial charge in [0.25, 0.3) is 5.91 Å². The van der Waals surface area contributed by atoms with E-state index in [0.717, 1.165) is 18.2 Å². The molecule has 0 aromatic carbocycles. The van der Waals surface area contributed by atoms with Crippen LogP contribution in [0.25, 0.3) is 0 Å². The number of carbonyl (C=O) groups excluding carboxylic acids is 1. The van der Waals surface area contributed by atoms with E-state index in [1.807, 2.05) is 23.4 Å². The summed E-state index contributed by atoms with van der Waals surface area (Å²) in [4.78, 5) is 25.2. The SMILES string of the molecule is CCOc1ncccc1C(=O)N1CCN(c2nccs2)CC1. The van der Waals surface area contributed by atoms with Crippen LogP contribution in [0.1, 0.15) is 17.3 Å². The molecule has 116 valence electrons. The number of pyridine rings is 1. The summed E-state index contributed by atoms with van der Waals surface area (Å²) < 4.78 is 5.45. The lowest BCUT2D eigenvalue weighted by Gasteiger charge is -2.34. The zero-order chi connectivity index (χ0) is 15.4. The van der Waals surface area contributed by atoms with Crippen molar-refractivity contribution < 1.29 is 9.53 Å². The Balaban J connectivity index is 1.67. The Morgan fingerprint density at radius 2 is 2.09 bits per heavy atom. The highest BCUT2D eigenvalue weighted by atomic mass is 32.1. The number of rotatable bonds is 4. The van der Waals surface area contributed by atoms with Gasteiger partial charge in [0.05, 0.1) is 6.61 Å². The van der Waals surface area contributed by atoms with Gasteiger partial charge in [-0.2, -0.15) is 0 Å². The largest absolute Gasteiger partial charge is 0.477 e. The quantitative estimate of drug-likeness (QED) is 0.862. The maximum atomic E-state index is 12.7. The highest BCUT2D eigenvalue weighted by Gasteiger charge is 2.25. The number of nitrogens with zero attached hydrogens (tertiary/aromatic N) is 4. The summed E-state index contributed by atoms with van der Waals surface area (Å²) in [6.45, 7) is 5.33. The van der Waals surface area contributed by atoms with Crippen LogP contribution in [0.15, 0.2) is 29.9 Å². The van der Waals surface area contributed by atoms with Gasteiger partial charge in [-0.25, -0.2) is 9.97 Å². The van der Waals surface area contributed by atoms with E-state index >= 15 is 0 Å². The van der Waals surface area contributed by atoms with E-state index in [0.29, 0.717) is 31.1 Å². The van der Waals surface area contributed by atoms with Gasteiger partial charge in [0.15, 0.2) is 5.13 Å². The van der Waals surface area contributed by atoms with E-state index in [-0.39, 0.29) is 5.91 Å². The van der Waals surface area contributed by atoms with Crippen LogP contribution < -0.4 is 9.64 Å². The molecule has 3 heterocycles. The number of thiazole rings is 1. The van der Waals surface area contributed by atoms with Crippen molar-refractivity contribution in [3.05, 3.63) is 35.5 Å². The predicted molar refractivity (Wildman–Crippen MR) is 85.6 cm³/mol. The summed E-state index contributed by atoms with van der Waals surface area (Å²) in [6, 6.07) is 3.54. The average molecular weight is 318 g/mol. The van der Waals surface area contributed by atoms with Crippen molar-refractivity contribution in [2.75, 3.05) is 37.7 Å². The molecule has 2 aromatic heterocycles. The second-order valence-corrected chi connectivity index (χ2v) is 5.76. The molecule has 0 saturated carbocycles. The molecule has 1 amide bonds. The van der Waals surface area contributed by atoms with Crippen LogP contribution in [0.4, 0.5) is 5.13 Å². The summed E-state index contributed by atoms with van der Waals surface area (Å²) in [6.07, 6.45) is 3.45. The van der Waals surface area contributed by atoms with Crippen LogP contribution in [-0.4, -0.2) is 53.6 Å². The fourth-order valence-corrected chi connectivity index (χ4v) is 3.15. The maximum absolute atomic E-state index is 12.7. The Labute approximate surface area is 133 Å². The minimum absolute atomic E-state index is 0.0182. The van der Waals surface area contributed by atoms with Crippen LogP contribution in [0.5, 0.6) is 5.88 Å². The number of hydrogen-bond donors (Lipinski definition) is 0. The van der Waals surface area contributed by atoms with Crippen LogP contribution >= 0.6 is 11.3 Å².